The highest BCUT2D eigenvalue weighted by Crippen LogP contribution is 2.15. The second kappa shape index (κ2) is 6.16. The molecule has 1 rings (SSSR count). The molecule has 0 spiro atoms. The van der Waals surface area contributed by atoms with E-state index in [1.165, 1.54) is 0 Å². The van der Waals surface area contributed by atoms with Crippen molar-refractivity contribution in [2.45, 2.75) is 19.9 Å². The van der Waals surface area contributed by atoms with Crippen LogP contribution in [-0.2, 0) is 4.79 Å². The van der Waals surface area contributed by atoms with Crippen molar-refractivity contribution in [3.63, 3.8) is 0 Å². The number of hydrogen-bond acceptors (Lipinski definition) is 3. The van der Waals surface area contributed by atoms with Crippen molar-refractivity contribution >= 4 is 17.5 Å². The first kappa shape index (κ1) is 14.2. The summed E-state index contributed by atoms with van der Waals surface area (Å²) in [5, 5.41) is 5.21. The van der Waals surface area contributed by atoms with Gasteiger partial charge in [0.2, 0.25) is 5.91 Å². The van der Waals surface area contributed by atoms with Gasteiger partial charge in [-0.3, -0.25) is 9.59 Å². The van der Waals surface area contributed by atoms with E-state index in [0.717, 1.165) is 0 Å². The molecule has 0 aliphatic rings. The second-order valence-corrected chi connectivity index (χ2v) is 4.38. The molecule has 0 fully saturated rings. The Balaban J connectivity index is 2.91. The molecule has 1 aromatic carbocycles. The van der Waals surface area contributed by atoms with Gasteiger partial charge in [-0.2, -0.15) is 0 Å². The highest BCUT2D eigenvalue weighted by atomic mass is 16.2. The number of anilines is 1. The van der Waals surface area contributed by atoms with E-state index in [9.17, 15) is 9.59 Å². The summed E-state index contributed by atoms with van der Waals surface area (Å²) >= 11 is 0. The zero-order valence-corrected chi connectivity index (χ0v) is 10.9. The highest BCUT2D eigenvalue weighted by molar-refractivity contribution is 6.04. The Kier molecular flexibility index (Phi) is 4.85. The standard InChI is InChI=1S/C13H19N3O2/c1-8(2)11(14)13(18)16-10-7-5-4-6-9(10)12(17)15-3/h4-8,11H,14H2,1-3H3,(H,15,17)(H,16,18)/t11-/m0/s1. The maximum absolute atomic E-state index is 11.8. The molecule has 0 bridgehead atoms. The van der Waals surface area contributed by atoms with Crippen LogP contribution in [0.1, 0.15) is 24.2 Å². The number of amides is 2. The highest BCUT2D eigenvalue weighted by Gasteiger charge is 2.19. The first-order valence-corrected chi connectivity index (χ1v) is 5.85. The van der Waals surface area contributed by atoms with Crippen LogP contribution >= 0.6 is 0 Å². The lowest BCUT2D eigenvalue weighted by Crippen LogP contribution is -2.40. The van der Waals surface area contributed by atoms with Crippen molar-refractivity contribution in [1.82, 2.24) is 5.32 Å². The Hall–Kier alpha value is -1.88. The van der Waals surface area contributed by atoms with Gasteiger partial charge in [0.1, 0.15) is 0 Å². The lowest BCUT2D eigenvalue weighted by atomic mass is 10.0. The maximum atomic E-state index is 11.8. The average Bonchev–Trinajstić information content (AvgIpc) is 2.37. The fourth-order valence-electron chi connectivity index (χ4n) is 1.44. The van der Waals surface area contributed by atoms with Crippen LogP contribution in [0.2, 0.25) is 0 Å². The van der Waals surface area contributed by atoms with Gasteiger partial charge in [0, 0.05) is 7.05 Å². The molecule has 0 radical (unpaired) electrons. The lowest BCUT2D eigenvalue weighted by Gasteiger charge is -2.16. The predicted octanol–water partition coefficient (Wildman–Crippen LogP) is 0.968. The molecular formula is C13H19N3O2. The third-order valence-corrected chi connectivity index (χ3v) is 2.68. The van der Waals surface area contributed by atoms with Gasteiger partial charge in [-0.05, 0) is 18.1 Å². The predicted molar refractivity (Wildman–Crippen MR) is 71.3 cm³/mol. The van der Waals surface area contributed by atoms with Gasteiger partial charge in [-0.25, -0.2) is 0 Å². The minimum absolute atomic E-state index is 0.0390. The van der Waals surface area contributed by atoms with Crippen molar-refractivity contribution in [3.05, 3.63) is 29.8 Å². The zero-order chi connectivity index (χ0) is 13.7. The minimum atomic E-state index is -0.595. The Morgan fingerprint density at radius 2 is 1.83 bits per heavy atom. The van der Waals surface area contributed by atoms with Gasteiger partial charge in [-0.1, -0.05) is 26.0 Å². The summed E-state index contributed by atoms with van der Waals surface area (Å²) in [6, 6.07) is 6.22. The fraction of sp³-hybridized carbons (Fsp3) is 0.385. The van der Waals surface area contributed by atoms with Gasteiger partial charge < -0.3 is 16.4 Å². The van der Waals surface area contributed by atoms with Crippen molar-refractivity contribution in [1.29, 1.82) is 0 Å². The molecule has 5 nitrogen and oxygen atoms in total. The minimum Gasteiger partial charge on any atom is -0.355 e. The molecule has 0 aliphatic heterocycles. The van der Waals surface area contributed by atoms with Crippen LogP contribution in [0.3, 0.4) is 0 Å². The first-order valence-electron chi connectivity index (χ1n) is 5.85. The van der Waals surface area contributed by atoms with E-state index in [-0.39, 0.29) is 17.7 Å². The van der Waals surface area contributed by atoms with Crippen LogP contribution in [0.4, 0.5) is 5.69 Å². The van der Waals surface area contributed by atoms with E-state index < -0.39 is 6.04 Å². The van der Waals surface area contributed by atoms with E-state index in [2.05, 4.69) is 10.6 Å². The van der Waals surface area contributed by atoms with Crippen molar-refractivity contribution in [2.24, 2.45) is 11.7 Å². The van der Waals surface area contributed by atoms with Crippen LogP contribution in [0.15, 0.2) is 24.3 Å². The monoisotopic (exact) mass is 249 g/mol. The van der Waals surface area contributed by atoms with Crippen LogP contribution in [0.5, 0.6) is 0 Å². The zero-order valence-electron chi connectivity index (χ0n) is 10.9. The Labute approximate surface area is 107 Å². The number of rotatable bonds is 4. The number of nitrogens with one attached hydrogen (secondary N) is 2. The Morgan fingerprint density at radius 1 is 1.22 bits per heavy atom. The molecule has 0 unspecified atom stereocenters. The number of para-hydroxylation sites is 1. The molecule has 98 valence electrons. The molecule has 1 atom stereocenters. The number of nitrogens with two attached hydrogens (primary N) is 1. The van der Waals surface area contributed by atoms with Gasteiger partial charge in [0.25, 0.3) is 5.91 Å². The smallest absolute Gasteiger partial charge is 0.253 e. The van der Waals surface area contributed by atoms with E-state index in [4.69, 9.17) is 5.73 Å². The SMILES string of the molecule is CNC(=O)c1ccccc1NC(=O)[C@@H](N)C(C)C. The van der Waals surface area contributed by atoms with Gasteiger partial charge in [0.05, 0.1) is 17.3 Å². The average molecular weight is 249 g/mol. The third-order valence-electron chi connectivity index (χ3n) is 2.68. The number of hydrogen-bond donors (Lipinski definition) is 3. The second-order valence-electron chi connectivity index (χ2n) is 4.38. The van der Waals surface area contributed by atoms with E-state index >= 15 is 0 Å². The van der Waals surface area contributed by atoms with Crippen molar-refractivity contribution in [3.8, 4) is 0 Å². The van der Waals surface area contributed by atoms with E-state index in [1.807, 2.05) is 13.8 Å². The first-order chi connectivity index (χ1) is 8.47. The largest absolute Gasteiger partial charge is 0.355 e. The summed E-state index contributed by atoms with van der Waals surface area (Å²) in [6.07, 6.45) is 0. The molecule has 0 heterocycles. The summed E-state index contributed by atoms with van der Waals surface area (Å²) in [7, 11) is 1.54. The van der Waals surface area contributed by atoms with Crippen LogP contribution < -0.4 is 16.4 Å². The van der Waals surface area contributed by atoms with Crippen molar-refractivity contribution in [2.75, 3.05) is 12.4 Å². The normalized spacial score (nSPS) is 12.1. The Bertz CT molecular complexity index is 444. The number of benzene rings is 1. The van der Waals surface area contributed by atoms with Crippen LogP contribution in [-0.4, -0.2) is 24.9 Å². The molecular weight excluding hydrogens is 230 g/mol. The summed E-state index contributed by atoms with van der Waals surface area (Å²) in [6.45, 7) is 3.74. The summed E-state index contributed by atoms with van der Waals surface area (Å²) < 4.78 is 0. The van der Waals surface area contributed by atoms with Gasteiger partial charge >= 0.3 is 0 Å². The number of carbonyl (C=O) groups is 2. The van der Waals surface area contributed by atoms with E-state index in [0.29, 0.717) is 11.3 Å². The lowest BCUT2D eigenvalue weighted by molar-refractivity contribution is -0.118. The molecule has 0 saturated heterocycles. The summed E-state index contributed by atoms with van der Waals surface area (Å²) in [4.78, 5) is 23.5. The molecule has 5 heteroatoms. The maximum Gasteiger partial charge on any atom is 0.253 e. The molecule has 0 aliphatic carbocycles. The molecule has 2 amide bonds. The molecule has 4 N–H and O–H groups in total. The Morgan fingerprint density at radius 3 is 2.39 bits per heavy atom. The summed E-state index contributed by atoms with van der Waals surface area (Å²) in [5.74, 6) is -0.498. The van der Waals surface area contributed by atoms with Gasteiger partial charge in [0.15, 0.2) is 0 Å². The van der Waals surface area contributed by atoms with Crippen LogP contribution in [0.25, 0.3) is 0 Å². The van der Waals surface area contributed by atoms with Crippen LogP contribution in [0, 0.1) is 5.92 Å². The van der Waals surface area contributed by atoms with E-state index in [1.54, 1.807) is 31.3 Å². The molecule has 1 aromatic rings. The third kappa shape index (κ3) is 3.30. The number of carbonyl (C=O) groups excluding carboxylic acids is 2. The van der Waals surface area contributed by atoms with Crippen molar-refractivity contribution < 1.29 is 9.59 Å². The molecule has 0 aromatic heterocycles. The van der Waals surface area contributed by atoms with Gasteiger partial charge in [-0.15, -0.1) is 0 Å². The molecule has 0 saturated carbocycles. The topological polar surface area (TPSA) is 84.2 Å². The quantitative estimate of drug-likeness (QED) is 0.743. The summed E-state index contributed by atoms with van der Waals surface area (Å²) in [5.41, 5.74) is 6.64. The fourth-order valence-corrected chi connectivity index (χ4v) is 1.44. The molecule has 18 heavy (non-hydrogen) atoms.